The lowest BCUT2D eigenvalue weighted by Gasteiger charge is -2.34. The molecule has 0 heterocycles. The van der Waals surface area contributed by atoms with Gasteiger partial charge in [-0.2, -0.15) is 0 Å². The number of nitrogens with zero attached hydrogens (tertiary/aromatic N) is 2. The molecular weight excluding hydrogens is 590 g/mol. The Bertz CT molecular complexity index is 1510. The van der Waals surface area contributed by atoms with Crippen LogP contribution in [0.4, 0.5) is 5.69 Å². The zero-order valence-electron chi connectivity index (χ0n) is 25.5. The van der Waals surface area contributed by atoms with Gasteiger partial charge in [-0.25, -0.2) is 8.42 Å². The Morgan fingerprint density at radius 1 is 0.930 bits per heavy atom. The Hall–Kier alpha value is -3.76. The van der Waals surface area contributed by atoms with Crippen LogP contribution in [0, 0.1) is 6.92 Å². The highest BCUT2D eigenvalue weighted by Crippen LogP contribution is 2.34. The molecule has 3 aromatic rings. The van der Waals surface area contributed by atoms with Crippen molar-refractivity contribution in [1.82, 2.24) is 10.2 Å². The minimum Gasteiger partial charge on any atom is -0.493 e. The third-order valence-electron chi connectivity index (χ3n) is 7.23. The molecule has 11 heteroatoms. The van der Waals surface area contributed by atoms with Gasteiger partial charge >= 0.3 is 0 Å². The fourth-order valence-corrected chi connectivity index (χ4v) is 6.12. The number of methoxy groups -OCH3 is 2. The predicted molar refractivity (Wildman–Crippen MR) is 169 cm³/mol. The summed E-state index contributed by atoms with van der Waals surface area (Å²) in [6.07, 6.45) is 1.02. The van der Waals surface area contributed by atoms with E-state index in [4.69, 9.17) is 21.1 Å². The van der Waals surface area contributed by atoms with E-state index >= 15 is 0 Å². The number of hydrogen-bond donors (Lipinski definition) is 1. The molecule has 3 aromatic carbocycles. The minimum absolute atomic E-state index is 0.00922. The SMILES string of the molecule is CC[C@H](C)NC(=O)[C@H](CC)N(Cc1ccccc1Cl)C(=O)CN(c1ccc(OC)c(OC)c1)S(=O)(=O)c1ccc(C)cc1. The number of carbonyl (C=O) groups excluding carboxylic acids is 2. The maximum atomic E-state index is 14.3. The normalized spacial score (nSPS) is 12.6. The van der Waals surface area contributed by atoms with Crippen molar-refractivity contribution >= 4 is 39.1 Å². The van der Waals surface area contributed by atoms with E-state index in [1.165, 1.54) is 37.3 Å². The van der Waals surface area contributed by atoms with E-state index in [0.29, 0.717) is 34.9 Å². The number of aryl methyl sites for hydroxylation is 1. The average molecular weight is 630 g/mol. The van der Waals surface area contributed by atoms with Crippen LogP contribution in [0.2, 0.25) is 5.02 Å². The van der Waals surface area contributed by atoms with Crippen LogP contribution in [0.5, 0.6) is 11.5 Å². The Morgan fingerprint density at radius 2 is 1.58 bits per heavy atom. The third kappa shape index (κ3) is 8.20. The van der Waals surface area contributed by atoms with Crippen LogP contribution in [-0.4, -0.2) is 58.0 Å². The molecule has 0 aliphatic rings. The van der Waals surface area contributed by atoms with Gasteiger partial charge in [0.25, 0.3) is 10.0 Å². The minimum atomic E-state index is -4.24. The van der Waals surface area contributed by atoms with E-state index in [1.807, 2.05) is 27.7 Å². The zero-order valence-corrected chi connectivity index (χ0v) is 27.0. The number of benzene rings is 3. The molecule has 9 nitrogen and oxygen atoms in total. The smallest absolute Gasteiger partial charge is 0.264 e. The molecule has 0 fully saturated rings. The maximum absolute atomic E-state index is 14.3. The molecule has 232 valence electrons. The Balaban J connectivity index is 2.13. The first-order valence-electron chi connectivity index (χ1n) is 14.1. The standard InChI is InChI=1S/C32H40ClN3O6S/c1-7-23(4)34-32(38)28(8-2)35(20-24-11-9-10-12-27(24)33)31(37)21-36(25-15-18-29(41-5)30(19-25)42-6)43(39,40)26-16-13-22(3)14-17-26/h9-19,23,28H,7-8,20-21H2,1-6H3,(H,34,38)/t23-,28-/m0/s1. The molecule has 2 atom stereocenters. The largest absolute Gasteiger partial charge is 0.493 e. The van der Waals surface area contributed by atoms with Gasteiger partial charge in [0, 0.05) is 23.7 Å². The molecule has 43 heavy (non-hydrogen) atoms. The van der Waals surface area contributed by atoms with Crippen molar-refractivity contribution in [2.24, 2.45) is 0 Å². The summed E-state index contributed by atoms with van der Waals surface area (Å²) in [6.45, 7) is 6.93. The zero-order chi connectivity index (χ0) is 31.7. The molecule has 0 aliphatic heterocycles. The second-order valence-corrected chi connectivity index (χ2v) is 12.5. The number of nitrogens with one attached hydrogen (secondary N) is 1. The third-order valence-corrected chi connectivity index (χ3v) is 9.39. The van der Waals surface area contributed by atoms with Gasteiger partial charge < -0.3 is 19.7 Å². The monoisotopic (exact) mass is 629 g/mol. The Kier molecular flexibility index (Phi) is 11.9. The second kappa shape index (κ2) is 15.1. The Morgan fingerprint density at radius 3 is 2.16 bits per heavy atom. The number of carbonyl (C=O) groups is 2. The van der Waals surface area contributed by atoms with Crippen molar-refractivity contribution in [1.29, 1.82) is 0 Å². The highest BCUT2D eigenvalue weighted by Gasteiger charge is 2.34. The summed E-state index contributed by atoms with van der Waals surface area (Å²) in [5, 5.41) is 3.39. The number of rotatable bonds is 14. The second-order valence-electron chi connectivity index (χ2n) is 10.2. The number of sulfonamides is 1. The van der Waals surface area contributed by atoms with E-state index in [1.54, 1.807) is 48.5 Å². The number of anilines is 1. The molecule has 0 bridgehead atoms. The number of ether oxygens (including phenoxy) is 2. The highest BCUT2D eigenvalue weighted by atomic mass is 35.5. The lowest BCUT2D eigenvalue weighted by Crippen LogP contribution is -2.53. The topological polar surface area (TPSA) is 105 Å². The number of amides is 2. The summed E-state index contributed by atoms with van der Waals surface area (Å²) in [5.41, 5.74) is 1.71. The first-order valence-corrected chi connectivity index (χ1v) is 15.9. The van der Waals surface area contributed by atoms with Gasteiger partial charge in [-0.3, -0.25) is 13.9 Å². The van der Waals surface area contributed by atoms with Crippen molar-refractivity contribution in [2.75, 3.05) is 25.1 Å². The predicted octanol–water partition coefficient (Wildman–Crippen LogP) is 5.58. The molecule has 0 unspecified atom stereocenters. The van der Waals surface area contributed by atoms with Crippen LogP contribution in [-0.2, 0) is 26.2 Å². The fourth-order valence-electron chi connectivity index (χ4n) is 4.52. The molecule has 0 saturated heterocycles. The van der Waals surface area contributed by atoms with E-state index in [0.717, 1.165) is 9.87 Å². The van der Waals surface area contributed by atoms with Crippen LogP contribution in [0.1, 0.15) is 44.7 Å². The maximum Gasteiger partial charge on any atom is 0.264 e. The molecule has 2 amide bonds. The molecule has 0 aromatic heterocycles. The van der Waals surface area contributed by atoms with Gasteiger partial charge in [0.05, 0.1) is 24.8 Å². The van der Waals surface area contributed by atoms with E-state index in [-0.39, 0.29) is 29.1 Å². The van der Waals surface area contributed by atoms with Gasteiger partial charge in [0.1, 0.15) is 12.6 Å². The first-order chi connectivity index (χ1) is 20.5. The number of halogens is 1. The van der Waals surface area contributed by atoms with E-state index in [2.05, 4.69) is 5.32 Å². The van der Waals surface area contributed by atoms with Gasteiger partial charge in [-0.1, -0.05) is 61.3 Å². The lowest BCUT2D eigenvalue weighted by molar-refractivity contribution is -0.140. The van der Waals surface area contributed by atoms with Gasteiger partial charge in [-0.15, -0.1) is 0 Å². The molecule has 0 spiro atoms. The van der Waals surface area contributed by atoms with Gasteiger partial charge in [0.2, 0.25) is 11.8 Å². The summed E-state index contributed by atoms with van der Waals surface area (Å²) >= 11 is 6.47. The van der Waals surface area contributed by atoms with Crippen LogP contribution in [0.25, 0.3) is 0 Å². The molecule has 0 radical (unpaired) electrons. The van der Waals surface area contributed by atoms with Gasteiger partial charge in [0.15, 0.2) is 11.5 Å². The summed E-state index contributed by atoms with van der Waals surface area (Å²) in [6, 6.07) is 17.1. The Labute approximate surface area is 259 Å². The van der Waals surface area contributed by atoms with Gasteiger partial charge in [-0.05, 0) is 62.6 Å². The van der Waals surface area contributed by atoms with Crippen molar-refractivity contribution in [3.05, 3.63) is 82.9 Å². The molecule has 0 saturated carbocycles. The van der Waals surface area contributed by atoms with Crippen molar-refractivity contribution in [2.45, 2.75) is 64.1 Å². The van der Waals surface area contributed by atoms with E-state index < -0.39 is 28.5 Å². The summed E-state index contributed by atoms with van der Waals surface area (Å²) in [4.78, 5) is 29.1. The lowest BCUT2D eigenvalue weighted by atomic mass is 10.1. The molecule has 0 aliphatic carbocycles. The van der Waals surface area contributed by atoms with Crippen LogP contribution in [0.15, 0.2) is 71.6 Å². The van der Waals surface area contributed by atoms with Crippen LogP contribution >= 0.6 is 11.6 Å². The van der Waals surface area contributed by atoms with Crippen LogP contribution in [0.3, 0.4) is 0 Å². The van der Waals surface area contributed by atoms with Crippen LogP contribution < -0.4 is 19.1 Å². The van der Waals surface area contributed by atoms with Crippen molar-refractivity contribution in [3.63, 3.8) is 0 Å². The summed E-state index contributed by atoms with van der Waals surface area (Å²) < 4.78 is 40.0. The van der Waals surface area contributed by atoms with E-state index in [9.17, 15) is 18.0 Å². The number of hydrogen-bond acceptors (Lipinski definition) is 6. The highest BCUT2D eigenvalue weighted by molar-refractivity contribution is 7.92. The average Bonchev–Trinajstić information content (AvgIpc) is 3.00. The quantitative estimate of drug-likeness (QED) is 0.250. The van der Waals surface area contributed by atoms with Crippen molar-refractivity contribution in [3.8, 4) is 11.5 Å². The molecule has 1 N–H and O–H groups in total. The molecular formula is C32H40ClN3O6S. The fraction of sp³-hybridized carbons (Fsp3) is 0.375. The summed E-state index contributed by atoms with van der Waals surface area (Å²) in [7, 11) is -1.32. The summed E-state index contributed by atoms with van der Waals surface area (Å²) in [5.74, 6) is -0.199. The first kappa shape index (κ1) is 33.7. The molecule has 3 rings (SSSR count). The van der Waals surface area contributed by atoms with Crippen molar-refractivity contribution < 1.29 is 27.5 Å².